The van der Waals surface area contributed by atoms with E-state index in [0.29, 0.717) is 5.46 Å². The Morgan fingerprint density at radius 2 is 1.85 bits per heavy atom. The Morgan fingerprint density at radius 3 is 2.31 bits per heavy atom. The monoisotopic (exact) mass is 179 g/mol. The number of aryl methyl sites for hydroxylation is 1. The average Bonchev–Trinajstić information content (AvgIpc) is 2.03. The molecule has 1 aromatic rings. The van der Waals surface area contributed by atoms with E-state index in [1.165, 1.54) is 0 Å². The second-order valence-electron chi connectivity index (χ2n) is 3.33. The van der Waals surface area contributed by atoms with Crippen LogP contribution in [0.1, 0.15) is 5.56 Å². The molecule has 3 nitrogen and oxygen atoms in total. The Morgan fingerprint density at radius 1 is 1.23 bits per heavy atom. The van der Waals surface area contributed by atoms with Crippen molar-refractivity contribution in [2.45, 2.75) is 6.92 Å². The molecule has 13 heavy (non-hydrogen) atoms. The maximum absolute atomic E-state index is 9.11. The van der Waals surface area contributed by atoms with E-state index < -0.39 is 7.12 Å². The molecule has 0 heterocycles. The van der Waals surface area contributed by atoms with E-state index in [2.05, 4.69) is 0 Å². The first-order valence-electron chi connectivity index (χ1n) is 4.16. The van der Waals surface area contributed by atoms with Crippen LogP contribution in [0.3, 0.4) is 0 Å². The molecule has 1 rings (SSSR count). The molecule has 0 saturated carbocycles. The van der Waals surface area contributed by atoms with Gasteiger partial charge in [0, 0.05) is 25.2 Å². The van der Waals surface area contributed by atoms with Crippen molar-refractivity contribution in [3.63, 3.8) is 0 Å². The number of hydrogen-bond donors (Lipinski definition) is 2. The van der Waals surface area contributed by atoms with Crippen molar-refractivity contribution in [2.24, 2.45) is 0 Å². The van der Waals surface area contributed by atoms with E-state index >= 15 is 0 Å². The second kappa shape index (κ2) is 3.81. The van der Waals surface area contributed by atoms with Gasteiger partial charge in [0.25, 0.3) is 0 Å². The fraction of sp³-hybridized carbons (Fsp3) is 0.333. The normalized spacial score (nSPS) is 9.92. The fourth-order valence-electron chi connectivity index (χ4n) is 1.29. The van der Waals surface area contributed by atoms with E-state index in [9.17, 15) is 0 Å². The van der Waals surface area contributed by atoms with Gasteiger partial charge in [-0.15, -0.1) is 0 Å². The van der Waals surface area contributed by atoms with Gasteiger partial charge in [-0.05, 0) is 13.0 Å². The summed E-state index contributed by atoms with van der Waals surface area (Å²) in [6.45, 7) is 1.92. The molecule has 0 aromatic heterocycles. The largest absolute Gasteiger partial charge is 0.490 e. The Kier molecular flexibility index (Phi) is 2.96. The SMILES string of the molecule is Cc1ccc(N(C)C)c(B(O)O)c1. The third-order valence-electron chi connectivity index (χ3n) is 1.94. The molecule has 4 heteroatoms. The summed E-state index contributed by atoms with van der Waals surface area (Å²) in [6.07, 6.45) is 0. The Balaban J connectivity index is 3.19. The number of hydrogen-bond acceptors (Lipinski definition) is 3. The van der Waals surface area contributed by atoms with Crippen molar-refractivity contribution in [2.75, 3.05) is 19.0 Å². The van der Waals surface area contributed by atoms with Crippen LogP contribution in [0.15, 0.2) is 18.2 Å². The first-order chi connectivity index (χ1) is 6.02. The van der Waals surface area contributed by atoms with Gasteiger partial charge in [0.1, 0.15) is 0 Å². The van der Waals surface area contributed by atoms with Crippen LogP contribution in [-0.4, -0.2) is 31.3 Å². The Hall–Kier alpha value is -0.995. The zero-order valence-electron chi connectivity index (χ0n) is 8.15. The highest BCUT2D eigenvalue weighted by molar-refractivity contribution is 6.60. The molecule has 0 bridgehead atoms. The number of rotatable bonds is 2. The second-order valence-corrected chi connectivity index (χ2v) is 3.33. The van der Waals surface area contributed by atoms with E-state index in [4.69, 9.17) is 10.0 Å². The van der Waals surface area contributed by atoms with Crippen LogP contribution < -0.4 is 10.4 Å². The van der Waals surface area contributed by atoms with Crippen LogP contribution in [0.4, 0.5) is 5.69 Å². The van der Waals surface area contributed by atoms with E-state index in [-0.39, 0.29) is 0 Å². The summed E-state index contributed by atoms with van der Waals surface area (Å²) < 4.78 is 0. The van der Waals surface area contributed by atoms with Gasteiger partial charge in [-0.25, -0.2) is 0 Å². The van der Waals surface area contributed by atoms with Gasteiger partial charge in [-0.3, -0.25) is 0 Å². The smallest absolute Gasteiger partial charge is 0.423 e. The highest BCUT2D eigenvalue weighted by atomic mass is 16.4. The molecule has 0 unspecified atom stereocenters. The summed E-state index contributed by atoms with van der Waals surface area (Å²) in [5.74, 6) is 0. The van der Waals surface area contributed by atoms with Crippen molar-refractivity contribution in [1.82, 2.24) is 0 Å². The van der Waals surface area contributed by atoms with Gasteiger partial charge >= 0.3 is 7.12 Å². The van der Waals surface area contributed by atoms with Crippen LogP contribution in [0.2, 0.25) is 0 Å². The predicted octanol–water partition coefficient (Wildman–Crippen LogP) is -0.259. The van der Waals surface area contributed by atoms with Crippen molar-refractivity contribution < 1.29 is 10.0 Å². The topological polar surface area (TPSA) is 43.7 Å². The van der Waals surface area contributed by atoms with Gasteiger partial charge in [0.05, 0.1) is 0 Å². The lowest BCUT2D eigenvalue weighted by Crippen LogP contribution is -2.34. The third-order valence-corrected chi connectivity index (χ3v) is 1.94. The summed E-state index contributed by atoms with van der Waals surface area (Å²) >= 11 is 0. The maximum Gasteiger partial charge on any atom is 0.490 e. The summed E-state index contributed by atoms with van der Waals surface area (Å²) in [4.78, 5) is 1.86. The first kappa shape index (κ1) is 10.1. The summed E-state index contributed by atoms with van der Waals surface area (Å²) in [7, 11) is 2.34. The molecule has 0 aliphatic carbocycles. The lowest BCUT2D eigenvalue weighted by atomic mass is 9.78. The molecule has 1 aromatic carbocycles. The van der Waals surface area contributed by atoms with Crippen LogP contribution in [0.25, 0.3) is 0 Å². The highest BCUT2D eigenvalue weighted by Gasteiger charge is 2.16. The van der Waals surface area contributed by atoms with Gasteiger partial charge in [-0.2, -0.15) is 0 Å². The number of benzene rings is 1. The molecule has 0 amide bonds. The van der Waals surface area contributed by atoms with Crippen LogP contribution in [-0.2, 0) is 0 Å². The molecule has 0 saturated heterocycles. The zero-order chi connectivity index (χ0) is 10.0. The van der Waals surface area contributed by atoms with Crippen molar-refractivity contribution >= 4 is 18.3 Å². The van der Waals surface area contributed by atoms with E-state index in [1.54, 1.807) is 6.07 Å². The molecular formula is C9H14BNO2. The molecular weight excluding hydrogens is 165 g/mol. The third kappa shape index (κ3) is 2.23. The highest BCUT2D eigenvalue weighted by Crippen LogP contribution is 2.09. The van der Waals surface area contributed by atoms with Crippen molar-refractivity contribution in [1.29, 1.82) is 0 Å². The number of anilines is 1. The Labute approximate surface area is 78.8 Å². The molecule has 0 atom stereocenters. The molecule has 0 radical (unpaired) electrons. The van der Waals surface area contributed by atoms with Crippen molar-refractivity contribution in [3.05, 3.63) is 23.8 Å². The van der Waals surface area contributed by atoms with E-state index in [1.807, 2.05) is 38.1 Å². The van der Waals surface area contributed by atoms with Gasteiger partial charge in [0.15, 0.2) is 0 Å². The minimum atomic E-state index is -1.41. The average molecular weight is 179 g/mol. The maximum atomic E-state index is 9.11. The molecule has 0 aliphatic rings. The lowest BCUT2D eigenvalue weighted by molar-refractivity contribution is 0.426. The fourth-order valence-corrected chi connectivity index (χ4v) is 1.29. The van der Waals surface area contributed by atoms with Crippen LogP contribution in [0.5, 0.6) is 0 Å². The van der Waals surface area contributed by atoms with E-state index in [0.717, 1.165) is 11.3 Å². The molecule has 0 spiro atoms. The molecule has 2 N–H and O–H groups in total. The Bertz CT molecular complexity index is 300. The summed E-state index contributed by atoms with van der Waals surface area (Å²) in [6, 6.07) is 5.60. The van der Waals surface area contributed by atoms with Crippen molar-refractivity contribution in [3.8, 4) is 0 Å². The van der Waals surface area contributed by atoms with Gasteiger partial charge in [-0.1, -0.05) is 17.7 Å². The minimum Gasteiger partial charge on any atom is -0.423 e. The van der Waals surface area contributed by atoms with Gasteiger partial charge < -0.3 is 14.9 Å². The lowest BCUT2D eigenvalue weighted by Gasteiger charge is -2.17. The minimum absolute atomic E-state index is 0.546. The molecule has 0 aliphatic heterocycles. The molecule has 70 valence electrons. The first-order valence-corrected chi connectivity index (χ1v) is 4.16. The quantitative estimate of drug-likeness (QED) is 0.614. The number of nitrogens with zero attached hydrogens (tertiary/aromatic N) is 1. The standard InChI is InChI=1S/C9H14BNO2/c1-7-4-5-9(11(2)3)8(6-7)10(12)13/h4-6,12-13H,1-3H3. The summed E-state index contributed by atoms with van der Waals surface area (Å²) in [5.41, 5.74) is 2.40. The summed E-state index contributed by atoms with van der Waals surface area (Å²) in [5, 5.41) is 18.2. The van der Waals surface area contributed by atoms with Crippen LogP contribution in [0, 0.1) is 6.92 Å². The zero-order valence-corrected chi connectivity index (χ0v) is 8.15. The van der Waals surface area contributed by atoms with Gasteiger partial charge in [0.2, 0.25) is 0 Å². The van der Waals surface area contributed by atoms with Crippen LogP contribution >= 0.6 is 0 Å². The predicted molar refractivity (Wildman–Crippen MR) is 55.3 cm³/mol. The molecule has 0 fully saturated rings.